The van der Waals surface area contributed by atoms with Crippen LogP contribution in [0.4, 0.5) is 0 Å². The Hall–Kier alpha value is -2.02. The number of phenols is 1. The number of benzene rings is 1. The highest BCUT2D eigenvalue weighted by atomic mass is 16.3. The average molecular weight is 272 g/mol. The van der Waals surface area contributed by atoms with Crippen molar-refractivity contribution in [2.24, 2.45) is 5.92 Å². The van der Waals surface area contributed by atoms with Crippen molar-refractivity contribution < 1.29 is 9.90 Å². The number of hydrogen-bond donors (Lipinski definition) is 2. The Kier molecular flexibility index (Phi) is 5.00. The number of nitriles is 1. The number of nitrogens with zero attached hydrogens (tertiary/aromatic N) is 1. The average Bonchev–Trinajstić information content (AvgIpc) is 2.48. The molecule has 1 aliphatic carbocycles. The van der Waals surface area contributed by atoms with Crippen LogP contribution in [-0.2, 0) is 11.2 Å². The highest BCUT2D eigenvalue weighted by Gasteiger charge is 2.25. The summed E-state index contributed by atoms with van der Waals surface area (Å²) < 4.78 is 0. The van der Waals surface area contributed by atoms with Crippen molar-refractivity contribution in [2.45, 2.75) is 44.6 Å². The van der Waals surface area contributed by atoms with E-state index in [2.05, 4.69) is 11.4 Å². The first kappa shape index (κ1) is 14.4. The monoisotopic (exact) mass is 272 g/mol. The zero-order valence-corrected chi connectivity index (χ0v) is 11.5. The molecule has 0 heterocycles. The quantitative estimate of drug-likeness (QED) is 0.884. The van der Waals surface area contributed by atoms with Crippen LogP contribution in [0, 0.1) is 17.2 Å². The van der Waals surface area contributed by atoms with Gasteiger partial charge < -0.3 is 10.4 Å². The van der Waals surface area contributed by atoms with Crippen LogP contribution in [-0.4, -0.2) is 17.1 Å². The lowest BCUT2D eigenvalue weighted by Crippen LogP contribution is -2.40. The van der Waals surface area contributed by atoms with E-state index >= 15 is 0 Å². The summed E-state index contributed by atoms with van der Waals surface area (Å²) in [6.07, 6.45) is 5.62. The van der Waals surface area contributed by atoms with Crippen molar-refractivity contribution >= 4 is 5.91 Å². The third kappa shape index (κ3) is 3.74. The predicted molar refractivity (Wildman–Crippen MR) is 75.9 cm³/mol. The summed E-state index contributed by atoms with van der Waals surface area (Å²) in [6, 6.07) is 8.58. The van der Waals surface area contributed by atoms with Crippen molar-refractivity contribution in [1.82, 2.24) is 5.32 Å². The van der Waals surface area contributed by atoms with Crippen LogP contribution in [0.15, 0.2) is 24.3 Å². The van der Waals surface area contributed by atoms with Crippen LogP contribution in [0.2, 0.25) is 0 Å². The Bertz CT molecular complexity index is 501. The van der Waals surface area contributed by atoms with Gasteiger partial charge in [-0.1, -0.05) is 37.5 Å². The molecule has 1 amide bonds. The smallest absolute Gasteiger partial charge is 0.225 e. The van der Waals surface area contributed by atoms with Gasteiger partial charge in [0.2, 0.25) is 5.91 Å². The Morgan fingerprint density at radius 2 is 2.05 bits per heavy atom. The van der Waals surface area contributed by atoms with Gasteiger partial charge in [0, 0.05) is 5.56 Å². The minimum absolute atomic E-state index is 0.109. The molecular weight excluding hydrogens is 252 g/mol. The summed E-state index contributed by atoms with van der Waals surface area (Å²) >= 11 is 0. The fraction of sp³-hybridized carbons (Fsp3) is 0.500. The van der Waals surface area contributed by atoms with Crippen molar-refractivity contribution in [2.75, 3.05) is 0 Å². The molecule has 0 aromatic heterocycles. The van der Waals surface area contributed by atoms with E-state index in [1.165, 1.54) is 6.42 Å². The van der Waals surface area contributed by atoms with Crippen LogP contribution >= 0.6 is 0 Å². The number of carbonyl (C=O) groups is 1. The molecule has 1 saturated carbocycles. The van der Waals surface area contributed by atoms with Gasteiger partial charge in [-0.3, -0.25) is 4.79 Å². The summed E-state index contributed by atoms with van der Waals surface area (Å²) in [5.74, 6) is 0.180. The molecule has 1 aromatic carbocycles. The number of rotatable bonds is 4. The van der Waals surface area contributed by atoms with E-state index in [0.717, 1.165) is 25.7 Å². The number of amides is 1. The van der Waals surface area contributed by atoms with E-state index in [1.54, 1.807) is 24.3 Å². The lowest BCUT2D eigenvalue weighted by molar-refractivity contribution is -0.121. The topological polar surface area (TPSA) is 73.1 Å². The number of hydrogen-bond acceptors (Lipinski definition) is 3. The van der Waals surface area contributed by atoms with Crippen LogP contribution in [0.1, 0.15) is 37.7 Å². The van der Waals surface area contributed by atoms with Gasteiger partial charge in [0.25, 0.3) is 0 Å². The number of nitrogens with one attached hydrogen (secondary N) is 1. The van der Waals surface area contributed by atoms with Gasteiger partial charge >= 0.3 is 0 Å². The van der Waals surface area contributed by atoms with Gasteiger partial charge in [0.1, 0.15) is 11.8 Å². The van der Waals surface area contributed by atoms with E-state index < -0.39 is 6.04 Å². The number of carbonyl (C=O) groups excluding carboxylic acids is 1. The maximum absolute atomic E-state index is 12.0. The van der Waals surface area contributed by atoms with Crippen LogP contribution in [0.25, 0.3) is 0 Å². The third-order valence-electron chi connectivity index (χ3n) is 3.92. The molecule has 2 rings (SSSR count). The molecule has 20 heavy (non-hydrogen) atoms. The molecule has 2 N–H and O–H groups in total. The van der Waals surface area contributed by atoms with Gasteiger partial charge in [-0.05, 0) is 24.8 Å². The van der Waals surface area contributed by atoms with E-state index in [9.17, 15) is 15.2 Å². The summed E-state index contributed by atoms with van der Waals surface area (Å²) in [5, 5.41) is 21.7. The largest absolute Gasteiger partial charge is 0.508 e. The predicted octanol–water partition coefficient (Wildman–Crippen LogP) is 2.52. The van der Waals surface area contributed by atoms with Crippen LogP contribution in [0.3, 0.4) is 0 Å². The van der Waals surface area contributed by atoms with Crippen molar-refractivity contribution in [3.8, 4) is 11.8 Å². The minimum atomic E-state index is -0.409. The van der Waals surface area contributed by atoms with E-state index in [-0.39, 0.29) is 24.0 Å². The summed E-state index contributed by atoms with van der Waals surface area (Å²) in [7, 11) is 0. The number of phenolic OH excluding ortho intramolecular Hbond substituents is 1. The lowest BCUT2D eigenvalue weighted by atomic mass is 9.84. The second kappa shape index (κ2) is 6.95. The molecule has 1 unspecified atom stereocenters. The molecule has 0 radical (unpaired) electrons. The van der Waals surface area contributed by atoms with Gasteiger partial charge in [0.15, 0.2) is 0 Å². The Morgan fingerprint density at radius 1 is 1.35 bits per heavy atom. The normalized spacial score (nSPS) is 17.1. The fourth-order valence-electron chi connectivity index (χ4n) is 2.78. The Labute approximate surface area is 119 Å². The SMILES string of the molecule is N#CC(NC(=O)Cc1ccccc1O)C1CCCCC1. The van der Waals surface area contributed by atoms with Crippen molar-refractivity contribution in [1.29, 1.82) is 5.26 Å². The first-order chi connectivity index (χ1) is 9.70. The zero-order chi connectivity index (χ0) is 14.4. The second-order valence-corrected chi connectivity index (χ2v) is 5.38. The summed E-state index contributed by atoms with van der Waals surface area (Å²) in [6.45, 7) is 0. The maximum atomic E-state index is 12.0. The Balaban J connectivity index is 1.92. The summed E-state index contributed by atoms with van der Waals surface area (Å²) in [5.41, 5.74) is 0.588. The van der Waals surface area contributed by atoms with Gasteiger partial charge in [-0.15, -0.1) is 0 Å². The molecule has 0 bridgehead atoms. The standard InChI is InChI=1S/C16H20N2O2/c17-11-14(12-6-2-1-3-7-12)18-16(20)10-13-8-4-5-9-15(13)19/h4-5,8-9,12,14,19H,1-3,6-7,10H2,(H,18,20). The van der Waals surface area contributed by atoms with E-state index in [4.69, 9.17) is 0 Å². The molecule has 1 fully saturated rings. The molecule has 1 atom stereocenters. The van der Waals surface area contributed by atoms with Gasteiger partial charge in [-0.25, -0.2) is 0 Å². The molecular formula is C16H20N2O2. The van der Waals surface area contributed by atoms with E-state index in [1.807, 2.05) is 0 Å². The number of para-hydroxylation sites is 1. The minimum Gasteiger partial charge on any atom is -0.508 e. The second-order valence-electron chi connectivity index (χ2n) is 5.38. The molecule has 1 aromatic rings. The first-order valence-corrected chi connectivity index (χ1v) is 7.16. The molecule has 0 saturated heterocycles. The Morgan fingerprint density at radius 3 is 2.70 bits per heavy atom. The highest BCUT2D eigenvalue weighted by molar-refractivity contribution is 5.79. The summed E-state index contributed by atoms with van der Waals surface area (Å²) in [4.78, 5) is 12.0. The fourth-order valence-corrected chi connectivity index (χ4v) is 2.78. The lowest BCUT2D eigenvalue weighted by Gasteiger charge is -2.26. The first-order valence-electron chi connectivity index (χ1n) is 7.16. The van der Waals surface area contributed by atoms with Crippen LogP contribution in [0.5, 0.6) is 5.75 Å². The highest BCUT2D eigenvalue weighted by Crippen LogP contribution is 2.26. The third-order valence-corrected chi connectivity index (χ3v) is 3.92. The van der Waals surface area contributed by atoms with E-state index in [0.29, 0.717) is 5.56 Å². The molecule has 0 aliphatic heterocycles. The van der Waals surface area contributed by atoms with Crippen LogP contribution < -0.4 is 5.32 Å². The van der Waals surface area contributed by atoms with Gasteiger partial charge in [-0.2, -0.15) is 5.26 Å². The molecule has 0 spiro atoms. The molecule has 4 heteroatoms. The van der Waals surface area contributed by atoms with Crippen molar-refractivity contribution in [3.05, 3.63) is 29.8 Å². The maximum Gasteiger partial charge on any atom is 0.225 e. The molecule has 4 nitrogen and oxygen atoms in total. The van der Waals surface area contributed by atoms with Crippen molar-refractivity contribution in [3.63, 3.8) is 0 Å². The van der Waals surface area contributed by atoms with Gasteiger partial charge in [0.05, 0.1) is 12.5 Å². The molecule has 106 valence electrons. The molecule has 1 aliphatic rings. The number of aromatic hydroxyl groups is 1. The zero-order valence-electron chi connectivity index (χ0n) is 11.5.